The van der Waals surface area contributed by atoms with Crippen molar-refractivity contribution in [1.29, 1.82) is 0 Å². The second-order valence-electron chi connectivity index (χ2n) is 5.05. The van der Waals surface area contributed by atoms with Crippen molar-refractivity contribution in [3.8, 4) is 0 Å². The molecule has 19 heavy (non-hydrogen) atoms. The molecule has 3 N–H and O–H groups in total. The van der Waals surface area contributed by atoms with Crippen LogP contribution in [0.5, 0.6) is 0 Å². The first-order valence-electron chi connectivity index (χ1n) is 6.22. The Bertz CT molecular complexity index is 579. The molecule has 1 aliphatic rings. The molecule has 0 radical (unpaired) electrons. The molecule has 6 heteroatoms. The molecule has 0 aromatic heterocycles. The Labute approximate surface area is 113 Å². The summed E-state index contributed by atoms with van der Waals surface area (Å²) < 4.78 is 22.8. The second-order valence-corrected chi connectivity index (χ2v) is 7.07. The molecule has 1 unspecified atom stereocenters. The van der Waals surface area contributed by atoms with E-state index in [4.69, 9.17) is 5.73 Å². The van der Waals surface area contributed by atoms with Crippen molar-refractivity contribution in [2.45, 2.75) is 30.2 Å². The molecule has 2 rings (SSSR count). The Balaban J connectivity index is 2.00. The molecule has 104 valence electrons. The molecule has 0 bridgehead atoms. The van der Waals surface area contributed by atoms with Gasteiger partial charge >= 0.3 is 0 Å². The van der Waals surface area contributed by atoms with Crippen LogP contribution in [0.15, 0.2) is 29.2 Å². The van der Waals surface area contributed by atoms with E-state index in [0.29, 0.717) is 11.6 Å². The molecular weight excluding hydrogens is 264 g/mol. The van der Waals surface area contributed by atoms with Gasteiger partial charge in [0.25, 0.3) is 0 Å². The first kappa shape index (κ1) is 14.0. The third-order valence-electron chi connectivity index (χ3n) is 3.19. The Morgan fingerprint density at radius 3 is 2.74 bits per heavy atom. The molecule has 1 aromatic carbocycles. The van der Waals surface area contributed by atoms with Gasteiger partial charge in [-0.2, -0.15) is 0 Å². The van der Waals surface area contributed by atoms with E-state index in [0.717, 1.165) is 19.1 Å². The van der Waals surface area contributed by atoms with Crippen LogP contribution < -0.4 is 11.1 Å². The fourth-order valence-electron chi connectivity index (χ4n) is 1.92. The molecule has 1 saturated carbocycles. The predicted octanol–water partition coefficient (Wildman–Crippen LogP) is 1.16. The van der Waals surface area contributed by atoms with Crippen LogP contribution in [0.3, 0.4) is 0 Å². The summed E-state index contributed by atoms with van der Waals surface area (Å²) in [5.74, 6) is 0.290. The van der Waals surface area contributed by atoms with Crippen molar-refractivity contribution in [2.24, 2.45) is 11.7 Å². The van der Waals surface area contributed by atoms with Crippen LogP contribution in [-0.4, -0.2) is 26.6 Å². The third kappa shape index (κ3) is 4.04. The number of rotatable bonds is 5. The van der Waals surface area contributed by atoms with Crippen molar-refractivity contribution < 1.29 is 13.2 Å². The lowest BCUT2D eigenvalue weighted by Crippen LogP contribution is -2.28. The number of hydrogen-bond donors (Lipinski definition) is 2. The molecule has 1 fully saturated rings. The number of amides is 1. The van der Waals surface area contributed by atoms with Gasteiger partial charge in [-0.3, -0.25) is 4.79 Å². The van der Waals surface area contributed by atoms with Gasteiger partial charge in [-0.1, -0.05) is 6.07 Å². The van der Waals surface area contributed by atoms with Crippen LogP contribution in [-0.2, 0) is 14.6 Å². The van der Waals surface area contributed by atoms with E-state index in [2.05, 4.69) is 5.32 Å². The fraction of sp³-hybridized carbons (Fsp3) is 0.462. The van der Waals surface area contributed by atoms with Crippen LogP contribution >= 0.6 is 0 Å². The highest BCUT2D eigenvalue weighted by atomic mass is 32.2. The summed E-state index contributed by atoms with van der Waals surface area (Å²) in [6, 6.07) is 6.12. The molecule has 0 heterocycles. The number of carbonyl (C=O) groups is 1. The minimum atomic E-state index is -3.26. The van der Waals surface area contributed by atoms with Crippen molar-refractivity contribution in [3.05, 3.63) is 24.3 Å². The third-order valence-corrected chi connectivity index (χ3v) is 4.30. The van der Waals surface area contributed by atoms with Gasteiger partial charge in [-0.15, -0.1) is 0 Å². The average Bonchev–Trinajstić information content (AvgIpc) is 3.11. The smallest absolute Gasteiger partial charge is 0.225 e. The maximum absolute atomic E-state index is 11.8. The van der Waals surface area contributed by atoms with Crippen molar-refractivity contribution in [2.75, 3.05) is 11.6 Å². The number of nitrogens with two attached hydrogens (primary N) is 1. The van der Waals surface area contributed by atoms with E-state index >= 15 is 0 Å². The Morgan fingerprint density at radius 2 is 2.16 bits per heavy atom. The van der Waals surface area contributed by atoms with E-state index < -0.39 is 9.84 Å². The van der Waals surface area contributed by atoms with Gasteiger partial charge < -0.3 is 11.1 Å². The van der Waals surface area contributed by atoms with Crippen LogP contribution in [0.4, 0.5) is 5.69 Å². The van der Waals surface area contributed by atoms with E-state index in [9.17, 15) is 13.2 Å². The van der Waals surface area contributed by atoms with Crippen molar-refractivity contribution in [3.63, 3.8) is 0 Å². The molecule has 1 aliphatic carbocycles. The van der Waals surface area contributed by atoms with E-state index in [1.54, 1.807) is 12.1 Å². The minimum Gasteiger partial charge on any atom is -0.327 e. The molecule has 0 spiro atoms. The summed E-state index contributed by atoms with van der Waals surface area (Å²) in [5, 5.41) is 2.68. The number of nitrogens with one attached hydrogen (secondary N) is 1. The van der Waals surface area contributed by atoms with Crippen LogP contribution in [0, 0.1) is 5.92 Å². The molecule has 0 saturated heterocycles. The van der Waals surface area contributed by atoms with Crippen LogP contribution in [0.25, 0.3) is 0 Å². The van der Waals surface area contributed by atoms with E-state index in [1.807, 2.05) is 0 Å². The first-order chi connectivity index (χ1) is 8.86. The summed E-state index contributed by atoms with van der Waals surface area (Å²) in [5.41, 5.74) is 6.36. The van der Waals surface area contributed by atoms with Crippen molar-refractivity contribution >= 4 is 21.4 Å². The van der Waals surface area contributed by atoms with Gasteiger partial charge in [0, 0.05) is 24.4 Å². The SMILES string of the molecule is CS(=O)(=O)c1cccc(NC(=O)CC(N)C2CC2)c1. The van der Waals surface area contributed by atoms with E-state index in [1.165, 1.54) is 12.1 Å². The number of anilines is 1. The molecule has 5 nitrogen and oxygen atoms in total. The van der Waals surface area contributed by atoms with Gasteiger partial charge in [0.2, 0.25) is 5.91 Å². The second kappa shape index (κ2) is 5.30. The summed E-state index contributed by atoms with van der Waals surface area (Å²) in [4.78, 5) is 12.0. The lowest BCUT2D eigenvalue weighted by Gasteiger charge is -2.11. The summed E-state index contributed by atoms with van der Waals surface area (Å²) in [7, 11) is -3.26. The first-order valence-corrected chi connectivity index (χ1v) is 8.11. The van der Waals surface area contributed by atoms with E-state index in [-0.39, 0.29) is 23.3 Å². The van der Waals surface area contributed by atoms with Gasteiger partial charge in [0.05, 0.1) is 4.90 Å². The summed E-state index contributed by atoms with van der Waals surface area (Å²) in [6.07, 6.45) is 3.60. The summed E-state index contributed by atoms with van der Waals surface area (Å²) >= 11 is 0. The summed E-state index contributed by atoms with van der Waals surface area (Å²) in [6.45, 7) is 0. The minimum absolute atomic E-state index is 0.0990. The monoisotopic (exact) mass is 282 g/mol. The van der Waals surface area contributed by atoms with Crippen LogP contribution in [0.2, 0.25) is 0 Å². The number of sulfone groups is 1. The molecular formula is C13H18N2O3S. The zero-order valence-corrected chi connectivity index (χ0v) is 11.6. The molecule has 1 amide bonds. The zero-order chi connectivity index (χ0) is 14.0. The van der Waals surface area contributed by atoms with Crippen LogP contribution in [0.1, 0.15) is 19.3 Å². The molecule has 1 aromatic rings. The highest BCUT2D eigenvalue weighted by Gasteiger charge is 2.29. The maximum atomic E-state index is 11.8. The zero-order valence-electron chi connectivity index (χ0n) is 10.8. The normalized spacial score (nSPS) is 16.9. The standard InChI is InChI=1S/C13H18N2O3S/c1-19(17,18)11-4-2-3-10(7-11)15-13(16)8-12(14)9-5-6-9/h2-4,7,9,12H,5-6,8,14H2,1H3,(H,15,16). The van der Waals surface area contributed by atoms with Gasteiger partial charge in [0.1, 0.15) is 0 Å². The Hall–Kier alpha value is -1.40. The molecule has 1 atom stereocenters. The maximum Gasteiger partial charge on any atom is 0.225 e. The number of benzene rings is 1. The Kier molecular flexibility index (Phi) is 3.91. The highest BCUT2D eigenvalue weighted by Crippen LogP contribution is 2.32. The molecule has 0 aliphatic heterocycles. The van der Waals surface area contributed by atoms with Gasteiger partial charge in [-0.05, 0) is 37.0 Å². The fourth-order valence-corrected chi connectivity index (χ4v) is 2.59. The average molecular weight is 282 g/mol. The quantitative estimate of drug-likeness (QED) is 0.848. The topological polar surface area (TPSA) is 89.3 Å². The van der Waals surface area contributed by atoms with Gasteiger partial charge in [-0.25, -0.2) is 8.42 Å². The highest BCUT2D eigenvalue weighted by molar-refractivity contribution is 7.90. The lowest BCUT2D eigenvalue weighted by atomic mass is 10.1. The van der Waals surface area contributed by atoms with Gasteiger partial charge in [0.15, 0.2) is 9.84 Å². The Morgan fingerprint density at radius 1 is 1.47 bits per heavy atom. The van der Waals surface area contributed by atoms with Crippen molar-refractivity contribution in [1.82, 2.24) is 0 Å². The number of hydrogen-bond acceptors (Lipinski definition) is 4. The lowest BCUT2D eigenvalue weighted by molar-refractivity contribution is -0.116. The largest absolute Gasteiger partial charge is 0.327 e. The predicted molar refractivity (Wildman–Crippen MR) is 73.5 cm³/mol. The number of carbonyl (C=O) groups excluding carboxylic acids is 1.